The van der Waals surface area contributed by atoms with Crippen LogP contribution in [0.5, 0.6) is 5.75 Å². The number of para-hydroxylation sites is 1. The standard InChI is InChI=1S/C25H25BrClN3O4S/c1-18-5-11-21(12-6-18)35(32,33)30-15-13-29(14-16-30)25-22(27)3-2-4-23(25)28-24(31)17-34-20-9-7-19(26)8-10-20/h2-12H,13-17H2,1H3,(H,28,31). The number of halogens is 2. The Kier molecular flexibility index (Phi) is 8.01. The van der Waals surface area contributed by atoms with E-state index in [1.807, 2.05) is 24.0 Å². The van der Waals surface area contributed by atoms with Gasteiger partial charge in [-0.3, -0.25) is 4.79 Å². The Hall–Kier alpha value is -2.59. The monoisotopic (exact) mass is 577 g/mol. The summed E-state index contributed by atoms with van der Waals surface area (Å²) in [6.45, 7) is 3.25. The van der Waals surface area contributed by atoms with E-state index in [2.05, 4.69) is 21.2 Å². The van der Waals surface area contributed by atoms with Crippen LogP contribution in [-0.4, -0.2) is 51.4 Å². The lowest BCUT2D eigenvalue weighted by Gasteiger charge is -2.36. The number of benzene rings is 3. The fourth-order valence-electron chi connectivity index (χ4n) is 3.81. The number of hydrogen-bond donors (Lipinski definition) is 1. The SMILES string of the molecule is Cc1ccc(S(=O)(=O)N2CCN(c3c(Cl)cccc3NC(=O)COc3ccc(Br)cc3)CC2)cc1. The van der Waals surface area contributed by atoms with Gasteiger partial charge >= 0.3 is 0 Å². The molecule has 1 fully saturated rings. The molecule has 10 heteroatoms. The number of carbonyl (C=O) groups is 1. The molecule has 7 nitrogen and oxygen atoms in total. The summed E-state index contributed by atoms with van der Waals surface area (Å²) in [6.07, 6.45) is 0. The highest BCUT2D eigenvalue weighted by molar-refractivity contribution is 9.10. The summed E-state index contributed by atoms with van der Waals surface area (Å²) < 4.78 is 34.0. The van der Waals surface area contributed by atoms with Crippen LogP contribution in [0, 0.1) is 6.92 Å². The average Bonchev–Trinajstić information content (AvgIpc) is 2.84. The zero-order chi connectivity index (χ0) is 25.0. The van der Waals surface area contributed by atoms with Gasteiger partial charge in [0.25, 0.3) is 5.91 Å². The first-order valence-corrected chi connectivity index (χ1v) is 13.6. The van der Waals surface area contributed by atoms with E-state index in [1.165, 1.54) is 4.31 Å². The maximum atomic E-state index is 13.0. The number of piperazine rings is 1. The second-order valence-corrected chi connectivity index (χ2v) is 11.4. The van der Waals surface area contributed by atoms with Crippen molar-refractivity contribution in [2.45, 2.75) is 11.8 Å². The van der Waals surface area contributed by atoms with Crippen molar-refractivity contribution in [3.05, 3.63) is 81.8 Å². The smallest absolute Gasteiger partial charge is 0.262 e. The van der Waals surface area contributed by atoms with Gasteiger partial charge in [0.15, 0.2) is 6.61 Å². The molecule has 35 heavy (non-hydrogen) atoms. The molecular weight excluding hydrogens is 554 g/mol. The molecule has 0 aromatic heterocycles. The molecule has 184 valence electrons. The number of anilines is 2. The van der Waals surface area contributed by atoms with Crippen molar-refractivity contribution in [2.75, 3.05) is 43.0 Å². The first-order chi connectivity index (χ1) is 16.7. The molecule has 1 aliphatic heterocycles. The van der Waals surface area contributed by atoms with Gasteiger partial charge in [0.1, 0.15) is 5.75 Å². The van der Waals surface area contributed by atoms with Crippen molar-refractivity contribution < 1.29 is 17.9 Å². The minimum atomic E-state index is -3.58. The van der Waals surface area contributed by atoms with Gasteiger partial charge in [0, 0.05) is 30.7 Å². The molecule has 1 aliphatic rings. The molecule has 0 radical (unpaired) electrons. The summed E-state index contributed by atoms with van der Waals surface area (Å²) in [5.74, 6) is 0.262. The molecule has 0 unspecified atom stereocenters. The maximum absolute atomic E-state index is 13.0. The van der Waals surface area contributed by atoms with Crippen molar-refractivity contribution in [3.8, 4) is 5.75 Å². The lowest BCUT2D eigenvalue weighted by Crippen LogP contribution is -2.49. The molecule has 0 aliphatic carbocycles. The van der Waals surface area contributed by atoms with Gasteiger partial charge in [0.05, 0.1) is 21.3 Å². The Morgan fingerprint density at radius 2 is 1.66 bits per heavy atom. The zero-order valence-electron chi connectivity index (χ0n) is 19.1. The molecule has 0 spiro atoms. The molecular formula is C25H25BrClN3O4S. The Bertz CT molecular complexity index is 1290. The van der Waals surface area contributed by atoms with Crippen LogP contribution in [0.4, 0.5) is 11.4 Å². The lowest BCUT2D eigenvalue weighted by atomic mass is 10.2. The second kappa shape index (κ2) is 11.0. The van der Waals surface area contributed by atoms with Crippen molar-refractivity contribution in [3.63, 3.8) is 0 Å². The van der Waals surface area contributed by atoms with E-state index in [0.717, 1.165) is 10.0 Å². The van der Waals surface area contributed by atoms with Crippen LogP contribution < -0.4 is 15.0 Å². The second-order valence-electron chi connectivity index (χ2n) is 8.13. The van der Waals surface area contributed by atoms with Gasteiger partial charge in [-0.15, -0.1) is 0 Å². The molecule has 1 saturated heterocycles. The normalized spacial score (nSPS) is 14.5. The highest BCUT2D eigenvalue weighted by Gasteiger charge is 2.30. The highest BCUT2D eigenvalue weighted by Crippen LogP contribution is 2.35. The number of amides is 1. The van der Waals surface area contributed by atoms with E-state index in [4.69, 9.17) is 16.3 Å². The summed E-state index contributed by atoms with van der Waals surface area (Å²) >= 11 is 9.87. The topological polar surface area (TPSA) is 79.0 Å². The Morgan fingerprint density at radius 1 is 1.00 bits per heavy atom. The predicted molar refractivity (Wildman–Crippen MR) is 142 cm³/mol. The van der Waals surface area contributed by atoms with E-state index in [1.54, 1.807) is 54.6 Å². The third-order valence-electron chi connectivity index (χ3n) is 5.66. The predicted octanol–water partition coefficient (Wildman–Crippen LogP) is 4.94. The summed E-state index contributed by atoms with van der Waals surface area (Å²) in [7, 11) is -3.58. The van der Waals surface area contributed by atoms with Crippen LogP contribution in [0.15, 0.2) is 76.1 Å². The van der Waals surface area contributed by atoms with Gasteiger partial charge < -0.3 is 15.0 Å². The van der Waals surface area contributed by atoms with E-state index < -0.39 is 10.0 Å². The Balaban J connectivity index is 1.42. The quantitative estimate of drug-likeness (QED) is 0.430. The van der Waals surface area contributed by atoms with Gasteiger partial charge in [-0.1, -0.05) is 51.3 Å². The number of sulfonamides is 1. The van der Waals surface area contributed by atoms with E-state index in [-0.39, 0.29) is 17.4 Å². The maximum Gasteiger partial charge on any atom is 0.262 e. The summed E-state index contributed by atoms with van der Waals surface area (Å²) in [5, 5.41) is 3.35. The minimum absolute atomic E-state index is 0.157. The molecule has 4 rings (SSSR count). The average molecular weight is 579 g/mol. The van der Waals surface area contributed by atoms with Gasteiger partial charge in [-0.05, 0) is 55.5 Å². The number of carbonyl (C=O) groups excluding carboxylic acids is 1. The van der Waals surface area contributed by atoms with Crippen LogP contribution in [0.1, 0.15) is 5.56 Å². The first-order valence-electron chi connectivity index (χ1n) is 11.0. The molecule has 1 amide bonds. The van der Waals surface area contributed by atoms with Crippen LogP contribution in [-0.2, 0) is 14.8 Å². The number of nitrogens with zero attached hydrogens (tertiary/aromatic N) is 2. The first kappa shape index (κ1) is 25.5. The summed E-state index contributed by atoms with van der Waals surface area (Å²) in [6, 6.07) is 19.3. The fraction of sp³-hybridized carbons (Fsp3) is 0.240. The van der Waals surface area contributed by atoms with Gasteiger partial charge in [-0.25, -0.2) is 8.42 Å². The molecule has 1 N–H and O–H groups in total. The molecule has 0 atom stereocenters. The molecule has 0 saturated carbocycles. The van der Waals surface area contributed by atoms with E-state index >= 15 is 0 Å². The fourth-order valence-corrected chi connectivity index (χ4v) is 5.80. The largest absolute Gasteiger partial charge is 0.484 e. The van der Waals surface area contributed by atoms with E-state index in [9.17, 15) is 13.2 Å². The van der Waals surface area contributed by atoms with E-state index in [0.29, 0.717) is 48.3 Å². The van der Waals surface area contributed by atoms with Crippen molar-refractivity contribution in [2.24, 2.45) is 0 Å². The Morgan fingerprint density at radius 3 is 2.31 bits per heavy atom. The third-order valence-corrected chi connectivity index (χ3v) is 8.40. The van der Waals surface area contributed by atoms with Crippen LogP contribution >= 0.6 is 27.5 Å². The van der Waals surface area contributed by atoms with Crippen LogP contribution in [0.3, 0.4) is 0 Å². The number of aryl methyl sites for hydroxylation is 1. The number of ether oxygens (including phenoxy) is 1. The van der Waals surface area contributed by atoms with Crippen LogP contribution in [0.25, 0.3) is 0 Å². The summed E-state index contributed by atoms with van der Waals surface area (Å²) in [4.78, 5) is 14.8. The number of rotatable bonds is 7. The zero-order valence-corrected chi connectivity index (χ0v) is 22.2. The van der Waals surface area contributed by atoms with Gasteiger partial charge in [0.2, 0.25) is 10.0 Å². The van der Waals surface area contributed by atoms with Gasteiger partial charge in [-0.2, -0.15) is 4.31 Å². The summed E-state index contributed by atoms with van der Waals surface area (Å²) in [5.41, 5.74) is 2.22. The molecule has 0 bridgehead atoms. The van der Waals surface area contributed by atoms with Crippen molar-refractivity contribution in [1.29, 1.82) is 0 Å². The number of nitrogens with one attached hydrogen (secondary N) is 1. The molecule has 3 aromatic rings. The minimum Gasteiger partial charge on any atom is -0.484 e. The Labute approximate surface area is 218 Å². The van der Waals surface area contributed by atoms with Crippen molar-refractivity contribution >= 4 is 54.8 Å². The highest BCUT2D eigenvalue weighted by atomic mass is 79.9. The third kappa shape index (κ3) is 6.16. The molecule has 3 aromatic carbocycles. The van der Waals surface area contributed by atoms with Crippen LogP contribution in [0.2, 0.25) is 5.02 Å². The van der Waals surface area contributed by atoms with Crippen molar-refractivity contribution in [1.82, 2.24) is 4.31 Å². The lowest BCUT2D eigenvalue weighted by molar-refractivity contribution is -0.118. The molecule has 1 heterocycles. The number of hydrogen-bond acceptors (Lipinski definition) is 5.